The minimum atomic E-state index is -1.05. The number of fused-ring (bicyclic) bond motifs is 1. The van der Waals surface area contributed by atoms with Crippen molar-refractivity contribution in [1.82, 2.24) is 9.80 Å². The van der Waals surface area contributed by atoms with E-state index in [2.05, 4.69) is 0 Å². The van der Waals surface area contributed by atoms with Crippen LogP contribution in [0.3, 0.4) is 0 Å². The molecule has 3 unspecified atom stereocenters. The zero-order valence-corrected chi connectivity index (χ0v) is 16.1. The second-order valence-corrected chi connectivity index (χ2v) is 7.61. The molecular formula is C21H29N3O4. The lowest BCUT2D eigenvalue weighted by molar-refractivity contribution is -0.168. The smallest absolute Gasteiger partial charge is 0.326 e. The molecule has 2 saturated heterocycles. The Morgan fingerprint density at radius 3 is 2.61 bits per heavy atom. The van der Waals surface area contributed by atoms with Crippen LogP contribution in [0.2, 0.25) is 0 Å². The molecule has 2 aliphatic heterocycles. The Morgan fingerprint density at radius 1 is 1.18 bits per heavy atom. The van der Waals surface area contributed by atoms with E-state index in [1.54, 1.807) is 4.90 Å². The highest BCUT2D eigenvalue weighted by Gasteiger charge is 2.50. The van der Waals surface area contributed by atoms with Gasteiger partial charge >= 0.3 is 5.97 Å². The van der Waals surface area contributed by atoms with E-state index in [1.165, 1.54) is 4.90 Å². The highest BCUT2D eigenvalue weighted by atomic mass is 16.4. The van der Waals surface area contributed by atoms with Crippen LogP contribution in [-0.4, -0.2) is 63.9 Å². The molecule has 3 rings (SSSR count). The standard InChI is InChI=1S/C21H29N3O4/c22-13-5-4-9-17-19(25)23-14-6-10-16(23)20(26)24(17)18(21(27)28)12-11-15-7-2-1-3-8-15/h1-3,7-8,16-18H,4-6,9-14,22H2,(H,27,28). The molecule has 2 aliphatic rings. The van der Waals surface area contributed by atoms with Gasteiger partial charge in [0.05, 0.1) is 0 Å². The number of carbonyl (C=O) groups is 3. The summed E-state index contributed by atoms with van der Waals surface area (Å²) in [6, 6.07) is 7.41. The monoisotopic (exact) mass is 387 g/mol. The van der Waals surface area contributed by atoms with Gasteiger partial charge < -0.3 is 20.6 Å². The summed E-state index contributed by atoms with van der Waals surface area (Å²) >= 11 is 0. The summed E-state index contributed by atoms with van der Waals surface area (Å²) < 4.78 is 0. The highest BCUT2D eigenvalue weighted by molar-refractivity contribution is 5.99. The molecule has 2 heterocycles. The van der Waals surface area contributed by atoms with Crippen LogP contribution >= 0.6 is 0 Å². The fraction of sp³-hybridized carbons (Fsp3) is 0.571. The third-order valence-corrected chi connectivity index (χ3v) is 5.80. The summed E-state index contributed by atoms with van der Waals surface area (Å²) in [7, 11) is 0. The van der Waals surface area contributed by atoms with Crippen LogP contribution < -0.4 is 5.73 Å². The number of aliphatic carboxylic acids is 1. The summed E-state index contributed by atoms with van der Waals surface area (Å²) in [5, 5.41) is 9.90. The molecule has 28 heavy (non-hydrogen) atoms. The molecule has 0 aromatic heterocycles. The van der Waals surface area contributed by atoms with Crippen molar-refractivity contribution in [2.75, 3.05) is 13.1 Å². The number of nitrogens with two attached hydrogens (primary N) is 1. The zero-order valence-electron chi connectivity index (χ0n) is 16.1. The number of carbonyl (C=O) groups excluding carboxylic acids is 2. The number of hydrogen-bond acceptors (Lipinski definition) is 4. The average Bonchev–Trinajstić information content (AvgIpc) is 3.18. The Labute approximate surface area is 165 Å². The minimum absolute atomic E-state index is 0.106. The van der Waals surface area contributed by atoms with Gasteiger partial charge in [0.15, 0.2) is 0 Å². The van der Waals surface area contributed by atoms with Crippen LogP contribution in [0.15, 0.2) is 30.3 Å². The highest BCUT2D eigenvalue weighted by Crippen LogP contribution is 2.31. The van der Waals surface area contributed by atoms with Gasteiger partial charge in [0, 0.05) is 6.54 Å². The molecule has 7 heteroatoms. The molecule has 0 spiro atoms. The largest absolute Gasteiger partial charge is 0.480 e. The van der Waals surface area contributed by atoms with E-state index in [-0.39, 0.29) is 11.8 Å². The topological polar surface area (TPSA) is 104 Å². The molecular weight excluding hydrogens is 358 g/mol. The van der Waals surface area contributed by atoms with Crippen molar-refractivity contribution in [2.24, 2.45) is 5.73 Å². The minimum Gasteiger partial charge on any atom is -0.480 e. The first kappa shape index (κ1) is 20.3. The van der Waals surface area contributed by atoms with Crippen LogP contribution in [-0.2, 0) is 20.8 Å². The van der Waals surface area contributed by atoms with Crippen molar-refractivity contribution >= 4 is 17.8 Å². The van der Waals surface area contributed by atoms with E-state index in [9.17, 15) is 19.5 Å². The lowest BCUT2D eigenvalue weighted by Crippen LogP contribution is -2.66. The van der Waals surface area contributed by atoms with Crippen LogP contribution in [0.4, 0.5) is 0 Å². The molecule has 0 aliphatic carbocycles. The SMILES string of the molecule is NCCCCC1C(=O)N2CCCC2C(=O)N1C(CCc1ccccc1)C(=O)O. The summed E-state index contributed by atoms with van der Waals surface area (Å²) in [6.45, 7) is 1.09. The number of piperazine rings is 1. The Hall–Kier alpha value is -2.41. The second kappa shape index (κ2) is 9.19. The Morgan fingerprint density at radius 2 is 1.93 bits per heavy atom. The van der Waals surface area contributed by atoms with Crippen molar-refractivity contribution in [2.45, 2.75) is 63.1 Å². The Kier molecular flexibility index (Phi) is 6.67. The molecule has 2 amide bonds. The Bertz CT molecular complexity index is 709. The first-order valence-electron chi connectivity index (χ1n) is 10.1. The van der Waals surface area contributed by atoms with Gasteiger partial charge in [-0.3, -0.25) is 9.59 Å². The van der Waals surface area contributed by atoms with Gasteiger partial charge in [0.1, 0.15) is 18.1 Å². The first-order chi connectivity index (χ1) is 13.5. The maximum atomic E-state index is 13.2. The van der Waals surface area contributed by atoms with Crippen LogP contribution in [0.1, 0.15) is 44.1 Å². The molecule has 3 N–H and O–H groups in total. The van der Waals surface area contributed by atoms with Crippen molar-refractivity contribution in [3.8, 4) is 0 Å². The van der Waals surface area contributed by atoms with Gasteiger partial charge in [-0.05, 0) is 57.1 Å². The average molecular weight is 387 g/mol. The van der Waals surface area contributed by atoms with Crippen LogP contribution in [0.25, 0.3) is 0 Å². The van der Waals surface area contributed by atoms with E-state index in [0.717, 1.165) is 18.4 Å². The number of nitrogens with zero attached hydrogens (tertiary/aromatic N) is 2. The number of hydrogen-bond donors (Lipinski definition) is 2. The lowest BCUT2D eigenvalue weighted by atomic mass is 9.95. The molecule has 2 fully saturated rings. The predicted molar refractivity (Wildman–Crippen MR) is 104 cm³/mol. The summed E-state index contributed by atoms with van der Waals surface area (Å²) in [6.07, 6.45) is 4.13. The number of carboxylic acid groups (broad SMARTS) is 1. The van der Waals surface area contributed by atoms with Crippen LogP contribution in [0, 0.1) is 0 Å². The third kappa shape index (κ3) is 4.19. The molecule has 0 bridgehead atoms. The number of carboxylic acids is 1. The number of benzene rings is 1. The van der Waals surface area contributed by atoms with Gasteiger partial charge in [0.2, 0.25) is 11.8 Å². The number of aryl methyl sites for hydroxylation is 1. The van der Waals surface area contributed by atoms with Gasteiger partial charge in [-0.25, -0.2) is 4.79 Å². The van der Waals surface area contributed by atoms with Gasteiger partial charge in [-0.15, -0.1) is 0 Å². The van der Waals surface area contributed by atoms with Crippen molar-refractivity contribution in [3.05, 3.63) is 35.9 Å². The third-order valence-electron chi connectivity index (χ3n) is 5.80. The van der Waals surface area contributed by atoms with E-state index in [1.807, 2.05) is 30.3 Å². The Balaban J connectivity index is 1.83. The van der Waals surface area contributed by atoms with E-state index < -0.39 is 24.1 Å². The van der Waals surface area contributed by atoms with Gasteiger partial charge in [-0.1, -0.05) is 30.3 Å². The molecule has 1 aromatic rings. The molecule has 152 valence electrons. The van der Waals surface area contributed by atoms with Gasteiger partial charge in [-0.2, -0.15) is 0 Å². The maximum absolute atomic E-state index is 13.2. The molecule has 1 aromatic carbocycles. The van der Waals surface area contributed by atoms with Crippen molar-refractivity contribution in [1.29, 1.82) is 0 Å². The molecule has 3 atom stereocenters. The second-order valence-electron chi connectivity index (χ2n) is 7.61. The number of amides is 2. The predicted octanol–water partition coefficient (Wildman–Crippen LogP) is 1.40. The van der Waals surface area contributed by atoms with E-state index >= 15 is 0 Å². The normalized spacial score (nSPS) is 23.0. The lowest BCUT2D eigenvalue weighted by Gasteiger charge is -2.45. The summed E-state index contributed by atoms with van der Waals surface area (Å²) in [5.74, 6) is -1.37. The van der Waals surface area contributed by atoms with Crippen molar-refractivity contribution in [3.63, 3.8) is 0 Å². The fourth-order valence-corrected chi connectivity index (χ4v) is 4.37. The first-order valence-corrected chi connectivity index (χ1v) is 10.1. The zero-order chi connectivity index (χ0) is 20.1. The molecule has 0 radical (unpaired) electrons. The molecule has 7 nitrogen and oxygen atoms in total. The van der Waals surface area contributed by atoms with Crippen LogP contribution in [0.5, 0.6) is 0 Å². The van der Waals surface area contributed by atoms with E-state index in [0.29, 0.717) is 45.2 Å². The van der Waals surface area contributed by atoms with Gasteiger partial charge in [0.25, 0.3) is 0 Å². The van der Waals surface area contributed by atoms with E-state index in [4.69, 9.17) is 5.73 Å². The van der Waals surface area contributed by atoms with Crippen molar-refractivity contribution < 1.29 is 19.5 Å². The molecule has 0 saturated carbocycles. The fourth-order valence-electron chi connectivity index (χ4n) is 4.37. The summed E-state index contributed by atoms with van der Waals surface area (Å²) in [4.78, 5) is 41.4. The number of rotatable bonds is 9. The summed E-state index contributed by atoms with van der Waals surface area (Å²) in [5.41, 5.74) is 6.60. The maximum Gasteiger partial charge on any atom is 0.326 e. The number of unbranched alkanes of at least 4 members (excludes halogenated alkanes) is 1. The quantitative estimate of drug-likeness (QED) is 0.624.